The molecule has 104 valence electrons. The number of primary amides is 1. The lowest BCUT2D eigenvalue weighted by atomic mass is 10.2. The Labute approximate surface area is 106 Å². The first-order chi connectivity index (χ1) is 7.95. The number of hydrogen-bond acceptors (Lipinski definition) is 4. The molecule has 0 fully saturated rings. The zero-order valence-electron chi connectivity index (χ0n) is 11.3. The highest BCUT2D eigenvalue weighted by molar-refractivity contribution is 5.94. The van der Waals surface area contributed by atoms with Crippen molar-refractivity contribution in [3.8, 4) is 0 Å². The number of carbonyl (C=O) groups excluding carboxylic acids is 2. The first-order valence-corrected chi connectivity index (χ1v) is 5.12. The van der Waals surface area contributed by atoms with E-state index in [1.54, 1.807) is 19.9 Å². The summed E-state index contributed by atoms with van der Waals surface area (Å²) in [5.74, 6) is -3.29. The van der Waals surface area contributed by atoms with Gasteiger partial charge in [0.25, 0.3) is 0 Å². The highest BCUT2D eigenvalue weighted by Gasteiger charge is 2.32. The summed E-state index contributed by atoms with van der Waals surface area (Å²) in [5, 5.41) is 18.7. The van der Waals surface area contributed by atoms with Crippen molar-refractivity contribution < 1.29 is 29.1 Å². The third kappa shape index (κ3) is 7.39. The maximum Gasteiger partial charge on any atom is 0.368 e. The number of rotatable bonds is 4. The van der Waals surface area contributed by atoms with E-state index in [1.165, 1.54) is 21.1 Å². The fourth-order valence-electron chi connectivity index (χ4n) is 0.891. The number of allylic oxidation sites excluding steroid dienone is 1. The van der Waals surface area contributed by atoms with Crippen LogP contribution in [0.3, 0.4) is 0 Å². The quantitative estimate of drug-likeness (QED) is 0.356. The summed E-state index contributed by atoms with van der Waals surface area (Å²) in [4.78, 5) is 30.7. The van der Waals surface area contributed by atoms with Crippen molar-refractivity contribution in [2.45, 2.75) is 19.9 Å². The largest absolute Gasteiger partial charge is 0.543 e. The Morgan fingerprint density at radius 2 is 1.67 bits per heavy atom. The minimum absolute atomic E-state index is 0.183. The molecule has 0 bridgehead atoms. The van der Waals surface area contributed by atoms with Crippen LogP contribution in [0.1, 0.15) is 13.8 Å². The summed E-state index contributed by atoms with van der Waals surface area (Å²) in [6.45, 7) is 3.46. The molecule has 0 rings (SSSR count). The number of quaternary nitrogens is 1. The van der Waals surface area contributed by atoms with Gasteiger partial charge in [0, 0.05) is 5.57 Å². The van der Waals surface area contributed by atoms with Gasteiger partial charge < -0.3 is 25.2 Å². The van der Waals surface area contributed by atoms with Crippen LogP contribution in [-0.4, -0.2) is 54.6 Å². The smallest absolute Gasteiger partial charge is 0.368 e. The van der Waals surface area contributed by atoms with Crippen molar-refractivity contribution in [2.75, 3.05) is 21.1 Å². The lowest BCUT2D eigenvalue weighted by Crippen LogP contribution is -2.58. The summed E-state index contributed by atoms with van der Waals surface area (Å²) in [6, 6.07) is -1.50. The van der Waals surface area contributed by atoms with Crippen molar-refractivity contribution in [1.29, 1.82) is 0 Å². The Kier molecular flexibility index (Phi) is 7.63. The monoisotopic (exact) mass is 260 g/mol. The van der Waals surface area contributed by atoms with Gasteiger partial charge >= 0.3 is 5.97 Å². The molecule has 3 N–H and O–H groups in total. The maximum absolute atomic E-state index is 10.4. The zero-order chi connectivity index (χ0) is 15.1. The fraction of sp³-hybridized carbons (Fsp3) is 0.545. The molecule has 0 radical (unpaired) electrons. The van der Waals surface area contributed by atoms with Crippen molar-refractivity contribution >= 4 is 17.8 Å². The van der Waals surface area contributed by atoms with E-state index in [-0.39, 0.29) is 10.4 Å². The third-order valence-corrected chi connectivity index (χ3v) is 2.05. The van der Waals surface area contributed by atoms with E-state index in [1.807, 2.05) is 0 Å². The minimum Gasteiger partial charge on any atom is -0.543 e. The van der Waals surface area contributed by atoms with E-state index in [0.29, 0.717) is 5.57 Å². The summed E-state index contributed by atoms with van der Waals surface area (Å²) in [5.41, 5.74) is 5.45. The summed E-state index contributed by atoms with van der Waals surface area (Å²) in [6.07, 6.45) is 1.68. The Bertz CT molecular complexity index is 341. The molecule has 7 nitrogen and oxygen atoms in total. The van der Waals surface area contributed by atoms with Crippen LogP contribution in [0.2, 0.25) is 0 Å². The standard InChI is InChI=1S/C6H11NO4.C5H9NO/c1-7(2,3)4(5(8)9)6(10)11;1-3-4(2)5(6)7/h4H,1-3H3,(H-,8,9,10,11);3H,1-2H3,(H2,6,7)/b;4-3+. The van der Waals surface area contributed by atoms with Gasteiger partial charge in [-0.1, -0.05) is 6.08 Å². The summed E-state index contributed by atoms with van der Waals surface area (Å²) in [7, 11) is 4.44. The number of hydrogen-bond donors (Lipinski definition) is 2. The van der Waals surface area contributed by atoms with Crippen LogP contribution in [0.4, 0.5) is 0 Å². The Morgan fingerprint density at radius 1 is 1.28 bits per heavy atom. The van der Waals surface area contributed by atoms with Gasteiger partial charge in [0.2, 0.25) is 11.9 Å². The van der Waals surface area contributed by atoms with Gasteiger partial charge in [-0.05, 0) is 13.8 Å². The van der Waals surface area contributed by atoms with E-state index >= 15 is 0 Å². The SMILES string of the molecule is C/C=C(\C)C(N)=O.C[N+](C)(C)C(C(=O)[O-])C(=O)O. The average Bonchev–Trinajstić information content (AvgIpc) is 2.13. The predicted octanol–water partition coefficient (Wildman–Crippen LogP) is -1.67. The number of aliphatic carboxylic acids is 2. The van der Waals surface area contributed by atoms with Crippen molar-refractivity contribution in [2.24, 2.45) is 5.73 Å². The molecule has 0 saturated heterocycles. The second kappa shape index (κ2) is 7.44. The van der Waals surface area contributed by atoms with Crippen molar-refractivity contribution in [1.82, 2.24) is 0 Å². The van der Waals surface area contributed by atoms with Crippen LogP contribution in [0.15, 0.2) is 11.6 Å². The van der Waals surface area contributed by atoms with Crippen LogP contribution in [0.25, 0.3) is 0 Å². The van der Waals surface area contributed by atoms with Crippen LogP contribution in [0.5, 0.6) is 0 Å². The molecule has 0 aliphatic heterocycles. The number of nitrogens with two attached hydrogens (primary N) is 1. The minimum atomic E-state index is -1.56. The molecule has 0 aromatic carbocycles. The van der Waals surface area contributed by atoms with Crippen molar-refractivity contribution in [3.63, 3.8) is 0 Å². The van der Waals surface area contributed by atoms with Gasteiger partial charge in [-0.3, -0.25) is 4.79 Å². The first-order valence-electron chi connectivity index (χ1n) is 5.12. The van der Waals surface area contributed by atoms with Crippen LogP contribution in [0, 0.1) is 0 Å². The molecule has 0 aliphatic rings. The van der Waals surface area contributed by atoms with E-state index in [0.717, 1.165) is 0 Å². The molecular weight excluding hydrogens is 240 g/mol. The van der Waals surface area contributed by atoms with Crippen molar-refractivity contribution in [3.05, 3.63) is 11.6 Å². The Hall–Kier alpha value is -1.89. The Morgan fingerprint density at radius 3 is 1.67 bits per heavy atom. The molecular formula is C11H20N2O5. The summed E-state index contributed by atoms with van der Waals surface area (Å²) >= 11 is 0. The van der Waals surface area contributed by atoms with Gasteiger partial charge in [0.1, 0.15) is 5.97 Å². The number of likely N-dealkylation sites (N-methyl/N-ethyl adjacent to an activating group) is 1. The lowest BCUT2D eigenvalue weighted by molar-refractivity contribution is -0.880. The predicted molar refractivity (Wildman–Crippen MR) is 63.1 cm³/mol. The van der Waals surface area contributed by atoms with Crippen LogP contribution < -0.4 is 10.8 Å². The zero-order valence-corrected chi connectivity index (χ0v) is 11.3. The molecule has 0 aromatic rings. The highest BCUT2D eigenvalue weighted by Crippen LogP contribution is 2.01. The number of carboxylic acids is 2. The molecule has 0 spiro atoms. The molecule has 1 atom stereocenters. The van der Waals surface area contributed by atoms with Gasteiger partial charge in [-0.15, -0.1) is 0 Å². The molecule has 0 heterocycles. The number of carboxylic acid groups (broad SMARTS) is 2. The molecule has 0 aliphatic carbocycles. The van der Waals surface area contributed by atoms with Gasteiger partial charge in [-0.2, -0.15) is 0 Å². The molecule has 0 aromatic heterocycles. The molecule has 1 amide bonds. The van der Waals surface area contributed by atoms with E-state index in [9.17, 15) is 19.5 Å². The molecule has 7 heteroatoms. The number of nitrogens with zero attached hydrogens (tertiary/aromatic N) is 1. The molecule has 1 unspecified atom stereocenters. The van der Waals surface area contributed by atoms with Gasteiger partial charge in [0.15, 0.2) is 0 Å². The van der Waals surface area contributed by atoms with Crippen LogP contribution in [-0.2, 0) is 14.4 Å². The first kappa shape index (κ1) is 18.5. The fourth-order valence-corrected chi connectivity index (χ4v) is 0.891. The van der Waals surface area contributed by atoms with Crippen LogP contribution >= 0.6 is 0 Å². The third-order valence-electron chi connectivity index (χ3n) is 2.05. The maximum atomic E-state index is 10.4. The molecule has 0 saturated carbocycles. The normalized spacial score (nSPS) is 13.1. The average molecular weight is 260 g/mol. The van der Waals surface area contributed by atoms with E-state index in [4.69, 9.17) is 10.8 Å². The van der Waals surface area contributed by atoms with Gasteiger partial charge in [-0.25, -0.2) is 4.79 Å². The van der Waals surface area contributed by atoms with E-state index < -0.39 is 18.0 Å². The Balaban J connectivity index is 0. The van der Waals surface area contributed by atoms with E-state index in [2.05, 4.69) is 0 Å². The topological polar surface area (TPSA) is 121 Å². The lowest BCUT2D eigenvalue weighted by Gasteiger charge is -2.31. The molecule has 18 heavy (non-hydrogen) atoms. The van der Waals surface area contributed by atoms with Gasteiger partial charge in [0.05, 0.1) is 21.1 Å². The second-order valence-electron chi connectivity index (χ2n) is 4.51. The highest BCUT2D eigenvalue weighted by atomic mass is 16.4. The second-order valence-corrected chi connectivity index (χ2v) is 4.51. The summed E-state index contributed by atoms with van der Waals surface area (Å²) < 4.78 is -0.183. The number of amides is 1. The number of carbonyl (C=O) groups is 3.